The SMILES string of the molecule is CC1=CCC(C2=c3cc/c([nH]3)=C(\c3ccc(C)cc3)C3=CCC(N3)C(C3C=CC(C)=CC3)C3C=CC(N3)/C(c3ccc(C)cc3)=C3/C=CC2=N3)C=C1. The second-order valence-corrected chi connectivity index (χ2v) is 15.5. The van der Waals surface area contributed by atoms with Gasteiger partial charge in [-0.1, -0.05) is 125 Å². The Hall–Kier alpha value is -5.19. The second-order valence-electron chi connectivity index (χ2n) is 15.5. The number of aromatic nitrogens is 1. The molecule has 0 fully saturated rings. The smallest absolute Gasteiger partial charge is 0.0696 e. The highest BCUT2D eigenvalue weighted by molar-refractivity contribution is 6.27. The number of hydrogen-bond acceptors (Lipinski definition) is 3. The monoisotopic (exact) mass is 680 g/mol. The molecule has 0 spiro atoms. The predicted octanol–water partition coefficient (Wildman–Crippen LogP) is 8.22. The molecule has 0 saturated heterocycles. The van der Waals surface area contributed by atoms with Crippen molar-refractivity contribution in [2.24, 2.45) is 22.7 Å². The Labute approximate surface area is 307 Å². The summed E-state index contributed by atoms with van der Waals surface area (Å²) in [6, 6.07) is 23.1. The van der Waals surface area contributed by atoms with Crippen LogP contribution in [0.3, 0.4) is 0 Å². The van der Waals surface area contributed by atoms with Gasteiger partial charge in [-0.25, -0.2) is 4.99 Å². The summed E-state index contributed by atoms with van der Waals surface area (Å²) >= 11 is 0. The van der Waals surface area contributed by atoms with Crippen molar-refractivity contribution in [3.05, 3.63) is 183 Å². The molecule has 4 nitrogen and oxygen atoms in total. The number of hydrogen-bond donors (Lipinski definition) is 3. The van der Waals surface area contributed by atoms with E-state index in [0.29, 0.717) is 11.8 Å². The first-order chi connectivity index (χ1) is 25.4. The fraction of sp³-hybridized carbons (Fsp3) is 0.271. The summed E-state index contributed by atoms with van der Waals surface area (Å²) in [6.45, 7) is 8.72. The Bertz CT molecular complexity index is 2330. The fourth-order valence-electron chi connectivity index (χ4n) is 9.03. The molecule has 3 aromatic rings. The van der Waals surface area contributed by atoms with Gasteiger partial charge >= 0.3 is 0 Å². The van der Waals surface area contributed by atoms with Gasteiger partial charge in [0.25, 0.3) is 0 Å². The summed E-state index contributed by atoms with van der Waals surface area (Å²) in [5.41, 5.74) is 14.6. The van der Waals surface area contributed by atoms with Gasteiger partial charge in [0.2, 0.25) is 0 Å². The molecule has 4 heteroatoms. The van der Waals surface area contributed by atoms with Gasteiger partial charge in [-0.2, -0.15) is 0 Å². The molecule has 2 aromatic carbocycles. The number of fused-ring (bicyclic) bond motifs is 7. The molecule has 2 aliphatic carbocycles. The minimum atomic E-state index is 0.0416. The Morgan fingerprint density at radius 3 is 2.04 bits per heavy atom. The lowest BCUT2D eigenvalue weighted by Gasteiger charge is -2.37. The van der Waals surface area contributed by atoms with E-state index in [1.54, 1.807) is 0 Å². The van der Waals surface area contributed by atoms with Crippen LogP contribution in [-0.2, 0) is 0 Å². The van der Waals surface area contributed by atoms with Crippen LogP contribution in [0.5, 0.6) is 0 Å². The highest BCUT2D eigenvalue weighted by Crippen LogP contribution is 2.39. The standard InChI is InChI=1S/C48H48N4/c1-29-5-13-33(14-6-29)45-37-21-23-39(49-37)46(34-15-7-30(2)8-16-34)41-25-27-43(51-41)48(36-19-11-32(4)12-20-36)44-28-26-42(52-44)47(40-24-22-38(45)50-40)35-17-9-31(3)10-18-35/h5-15,17,19-25,27-28,34-35,38,40,42,47,50-52H,16,18,26H2,1-4H3/b45-37-,46-41?,48-43-. The Morgan fingerprint density at radius 1 is 0.615 bits per heavy atom. The fourth-order valence-corrected chi connectivity index (χ4v) is 9.03. The van der Waals surface area contributed by atoms with Crippen LogP contribution in [0.1, 0.15) is 55.4 Å². The van der Waals surface area contributed by atoms with E-state index < -0.39 is 0 Å². The zero-order chi connectivity index (χ0) is 35.3. The minimum absolute atomic E-state index is 0.0416. The number of H-pyrrole nitrogens is 1. The molecule has 1 aromatic heterocycles. The lowest BCUT2D eigenvalue weighted by Crippen LogP contribution is -2.48. The van der Waals surface area contributed by atoms with Crippen molar-refractivity contribution in [3.63, 3.8) is 0 Å². The van der Waals surface area contributed by atoms with Crippen LogP contribution < -0.4 is 21.3 Å². The third-order valence-electron chi connectivity index (χ3n) is 11.9. The van der Waals surface area contributed by atoms with Gasteiger partial charge < -0.3 is 10.3 Å². The van der Waals surface area contributed by atoms with Gasteiger partial charge in [-0.3, -0.25) is 5.32 Å². The van der Waals surface area contributed by atoms with Crippen LogP contribution in [0.15, 0.2) is 155 Å². The van der Waals surface area contributed by atoms with Crippen molar-refractivity contribution in [2.75, 3.05) is 0 Å². The van der Waals surface area contributed by atoms with Crippen molar-refractivity contribution in [2.45, 2.75) is 65.1 Å². The average Bonchev–Trinajstić information content (AvgIpc) is 3.99. The molecule has 0 amide bonds. The highest BCUT2D eigenvalue weighted by atomic mass is 15.0. The zero-order valence-electron chi connectivity index (χ0n) is 30.7. The molecule has 3 N–H and O–H groups in total. The molecular formula is C48H48N4. The number of benzene rings is 2. The summed E-state index contributed by atoms with van der Waals surface area (Å²) in [6.07, 6.45) is 29.0. The van der Waals surface area contributed by atoms with Crippen LogP contribution in [0.25, 0.3) is 16.7 Å². The van der Waals surface area contributed by atoms with E-state index in [4.69, 9.17) is 4.99 Å². The molecule has 6 aliphatic rings. The van der Waals surface area contributed by atoms with Crippen molar-refractivity contribution in [1.29, 1.82) is 0 Å². The topological polar surface area (TPSA) is 52.2 Å². The van der Waals surface area contributed by atoms with E-state index in [9.17, 15) is 0 Å². The van der Waals surface area contributed by atoms with Crippen molar-refractivity contribution < 1.29 is 0 Å². The van der Waals surface area contributed by atoms with E-state index in [2.05, 4.69) is 171 Å². The predicted molar refractivity (Wildman–Crippen MR) is 217 cm³/mol. The van der Waals surface area contributed by atoms with Crippen LogP contribution in [-0.4, -0.2) is 28.8 Å². The van der Waals surface area contributed by atoms with Crippen molar-refractivity contribution in [3.8, 4) is 0 Å². The van der Waals surface area contributed by atoms with E-state index in [1.165, 1.54) is 55.8 Å². The van der Waals surface area contributed by atoms with Gasteiger partial charge in [0.05, 0.1) is 17.5 Å². The largest absolute Gasteiger partial charge is 0.381 e. The highest BCUT2D eigenvalue weighted by Gasteiger charge is 2.40. The van der Waals surface area contributed by atoms with Crippen LogP contribution >= 0.6 is 0 Å². The molecule has 52 heavy (non-hydrogen) atoms. The molecule has 0 saturated carbocycles. The van der Waals surface area contributed by atoms with Gasteiger partial charge in [0.1, 0.15) is 0 Å². The van der Waals surface area contributed by atoms with E-state index in [-0.39, 0.29) is 24.0 Å². The van der Waals surface area contributed by atoms with Gasteiger partial charge in [0, 0.05) is 57.0 Å². The summed E-state index contributed by atoms with van der Waals surface area (Å²) in [7, 11) is 0. The Balaban J connectivity index is 1.28. The maximum absolute atomic E-state index is 5.52. The Morgan fingerprint density at radius 2 is 1.33 bits per heavy atom. The summed E-state index contributed by atoms with van der Waals surface area (Å²) in [5, 5.41) is 10.5. The summed E-state index contributed by atoms with van der Waals surface area (Å²) in [4.78, 5) is 9.48. The van der Waals surface area contributed by atoms with Crippen LogP contribution in [0.4, 0.5) is 0 Å². The molecule has 4 aliphatic heterocycles. The molecule has 260 valence electrons. The molecule has 6 atom stereocenters. The van der Waals surface area contributed by atoms with Crippen molar-refractivity contribution in [1.82, 2.24) is 15.6 Å². The first-order valence-electron chi connectivity index (χ1n) is 19.1. The maximum Gasteiger partial charge on any atom is 0.0696 e. The lowest BCUT2D eigenvalue weighted by atomic mass is 9.76. The Kier molecular flexibility index (Phi) is 8.43. The quantitative estimate of drug-likeness (QED) is 0.243. The number of aromatic amines is 1. The number of rotatable bonds is 4. The third kappa shape index (κ3) is 6.09. The molecule has 5 heterocycles. The van der Waals surface area contributed by atoms with Crippen LogP contribution in [0.2, 0.25) is 0 Å². The van der Waals surface area contributed by atoms with E-state index in [1.807, 2.05) is 0 Å². The van der Waals surface area contributed by atoms with Crippen molar-refractivity contribution >= 4 is 22.4 Å². The first kappa shape index (κ1) is 32.7. The second kappa shape index (κ2) is 13.4. The molecule has 6 unspecified atom stereocenters. The normalized spacial score (nSPS) is 30.3. The number of allylic oxidation sites excluding steroid dienone is 11. The minimum Gasteiger partial charge on any atom is -0.381 e. The number of nitrogens with zero attached hydrogens (tertiary/aromatic N) is 1. The number of aliphatic imine (C=N–C) groups is 1. The maximum atomic E-state index is 5.52. The van der Waals surface area contributed by atoms with Crippen LogP contribution in [0, 0.1) is 31.6 Å². The summed E-state index contributed by atoms with van der Waals surface area (Å²) < 4.78 is 0. The zero-order valence-corrected chi connectivity index (χ0v) is 30.7. The molecule has 9 rings (SSSR count). The first-order valence-corrected chi connectivity index (χ1v) is 19.1. The van der Waals surface area contributed by atoms with Gasteiger partial charge in [-0.05, 0) is 88.3 Å². The number of aryl methyl sites for hydroxylation is 2. The van der Waals surface area contributed by atoms with Gasteiger partial charge in [-0.15, -0.1) is 0 Å². The summed E-state index contributed by atoms with van der Waals surface area (Å²) in [5.74, 6) is 0.976. The lowest BCUT2D eigenvalue weighted by molar-refractivity contribution is 0.261. The van der Waals surface area contributed by atoms with Gasteiger partial charge in [0.15, 0.2) is 0 Å². The molecule has 8 bridgehead atoms. The number of nitrogens with one attached hydrogen (secondary N) is 3. The van der Waals surface area contributed by atoms with E-state index >= 15 is 0 Å². The third-order valence-corrected chi connectivity index (χ3v) is 11.9. The molecular weight excluding hydrogens is 633 g/mol. The molecule has 0 radical (unpaired) electrons. The average molecular weight is 681 g/mol. The van der Waals surface area contributed by atoms with E-state index in [0.717, 1.165) is 41.4 Å².